The number of nitrogens with zero attached hydrogens (tertiary/aromatic N) is 13. The van der Waals surface area contributed by atoms with Crippen molar-refractivity contribution >= 4 is 30.4 Å². The molecule has 9 aliphatic heterocycles. The average molecular weight is 967 g/mol. The van der Waals surface area contributed by atoms with E-state index in [9.17, 15) is 0 Å². The zero-order chi connectivity index (χ0) is 43.7. The zero-order valence-electron chi connectivity index (χ0n) is 41.4. The Morgan fingerprint density at radius 1 is 0.234 bits per heavy atom. The van der Waals surface area contributed by atoms with Gasteiger partial charge in [0, 0.05) is 132 Å². The van der Waals surface area contributed by atoms with E-state index in [0.29, 0.717) is 0 Å². The molecule has 9 fully saturated rings. The Kier molecular flexibility index (Phi) is 18.4. The van der Waals surface area contributed by atoms with Crippen LogP contribution in [0.3, 0.4) is 0 Å². The van der Waals surface area contributed by atoms with E-state index in [1.54, 1.807) is 0 Å². The first kappa shape index (κ1) is 49.7. The van der Waals surface area contributed by atoms with Gasteiger partial charge in [0.1, 0.15) is 0 Å². The molecular weight excluding hydrogens is 871 g/mol. The third-order valence-electron chi connectivity index (χ3n) is 16.7. The fraction of sp³-hybridized carbons (Fsp3) is 1.00. The normalized spacial score (nSPS) is 28.4. The molecule has 0 spiro atoms. The number of hydrogen-bond acceptors (Lipinski definition) is 4. The van der Waals surface area contributed by atoms with Gasteiger partial charge in [-0.1, -0.05) is 57.8 Å². The smallest absolute Gasteiger partial charge is 0.243 e. The van der Waals surface area contributed by atoms with Crippen LogP contribution < -0.4 is 0 Å². The molecule has 13 nitrogen and oxygen atoms in total. The van der Waals surface area contributed by atoms with Gasteiger partial charge in [0.2, 0.25) is 22.5 Å². The highest BCUT2D eigenvalue weighted by Crippen LogP contribution is 2.85. The molecule has 0 unspecified atom stereocenters. The van der Waals surface area contributed by atoms with E-state index in [2.05, 4.69) is 60.8 Å². The van der Waals surface area contributed by atoms with Crippen LogP contribution >= 0.6 is 30.4 Å². The van der Waals surface area contributed by atoms with Gasteiger partial charge in [0.15, 0.2) is 0 Å². The summed E-state index contributed by atoms with van der Waals surface area (Å²) in [6.07, 6.45) is 35.7. The van der Waals surface area contributed by atoms with Crippen LogP contribution in [0.5, 0.6) is 0 Å². The number of piperidine rings is 9. The van der Waals surface area contributed by atoms with Crippen LogP contribution in [0.15, 0.2) is 13.5 Å². The second-order valence-electron chi connectivity index (χ2n) is 21.4. The average Bonchev–Trinajstić information content (AvgIpc) is 3.38. The maximum absolute atomic E-state index is 7.24. The van der Waals surface area contributed by atoms with Crippen molar-refractivity contribution in [2.24, 2.45) is 13.5 Å². The van der Waals surface area contributed by atoms with Gasteiger partial charge in [-0.05, 0) is 129 Å². The molecule has 0 amide bonds. The summed E-state index contributed by atoms with van der Waals surface area (Å²) in [7, 11) is -5.44. The third-order valence-corrected chi connectivity index (χ3v) is 33.9. The summed E-state index contributed by atoms with van der Waals surface area (Å²) in [6.45, 7) is 21.4. The van der Waals surface area contributed by atoms with Crippen molar-refractivity contribution in [2.45, 2.75) is 173 Å². The van der Waals surface area contributed by atoms with E-state index >= 15 is 0 Å². The number of rotatable bonds is 13. The van der Waals surface area contributed by atoms with Crippen LogP contribution in [0.2, 0.25) is 0 Å². The molecule has 0 atom stereocenters. The molecule has 0 N–H and O–H groups in total. The molecule has 64 heavy (non-hydrogen) atoms. The van der Waals surface area contributed by atoms with Gasteiger partial charge in [-0.3, -0.25) is 0 Å². The summed E-state index contributed by atoms with van der Waals surface area (Å²) in [6, 6.07) is 0. The van der Waals surface area contributed by atoms with Crippen LogP contribution in [0.1, 0.15) is 173 Å². The Morgan fingerprint density at radius 3 is 0.469 bits per heavy atom. The predicted octanol–water partition coefficient (Wildman–Crippen LogP) is 12.4. The Hall–Kier alpha value is 0.720. The van der Waals surface area contributed by atoms with Crippen LogP contribution in [-0.4, -0.2) is 179 Å². The van der Waals surface area contributed by atoms with E-state index in [0.717, 1.165) is 0 Å². The molecule has 9 heterocycles. The molecule has 9 saturated heterocycles. The van der Waals surface area contributed by atoms with Gasteiger partial charge in [-0.25, -0.2) is 42.0 Å². The summed E-state index contributed by atoms with van der Waals surface area (Å²) in [5.41, 5.74) is 0. The summed E-state index contributed by atoms with van der Waals surface area (Å²) in [5, 5.41) is 0. The Labute approximate surface area is 394 Å². The lowest BCUT2D eigenvalue weighted by molar-refractivity contribution is 0.246. The highest BCUT2D eigenvalue weighted by Gasteiger charge is 2.60. The first-order valence-electron chi connectivity index (χ1n) is 27.8. The first-order chi connectivity index (χ1) is 31.5. The monoisotopic (exact) mass is 967 g/mol. The molecule has 9 aliphatic rings. The molecule has 0 aromatic rings. The molecule has 0 aliphatic carbocycles. The third kappa shape index (κ3) is 10.5. The lowest BCUT2D eigenvalue weighted by Gasteiger charge is -2.54. The van der Waals surface area contributed by atoms with E-state index < -0.39 is 30.4 Å². The Balaban J connectivity index is 1.45. The zero-order valence-corrected chi connectivity index (χ0v) is 45.0. The van der Waals surface area contributed by atoms with Gasteiger partial charge < -0.3 is 0 Å². The van der Waals surface area contributed by atoms with Crippen molar-refractivity contribution in [1.29, 1.82) is 0 Å². The van der Waals surface area contributed by atoms with Gasteiger partial charge in [-0.15, -0.1) is 4.67 Å². The van der Waals surface area contributed by atoms with E-state index in [-0.39, 0.29) is 0 Å². The Bertz CT molecular complexity index is 1260. The maximum Gasteiger partial charge on any atom is 0.453 e. The highest BCUT2D eigenvalue weighted by molar-refractivity contribution is 7.84. The van der Waals surface area contributed by atoms with Crippen LogP contribution in [0, 0.1) is 0 Å². The highest BCUT2D eigenvalue weighted by atomic mass is 31.3. The molecule has 0 bridgehead atoms. The van der Waals surface area contributed by atoms with Crippen molar-refractivity contribution in [2.75, 3.05) is 132 Å². The van der Waals surface area contributed by atoms with Crippen LogP contribution in [0.4, 0.5) is 0 Å². The summed E-state index contributed by atoms with van der Waals surface area (Å²) < 4.78 is 52.0. The summed E-state index contributed by atoms with van der Waals surface area (Å²) in [5.74, 6) is 0. The molecule has 368 valence electrons. The first-order valence-corrected chi connectivity index (χ1v) is 34.2. The Morgan fingerprint density at radius 2 is 0.359 bits per heavy atom. The fourth-order valence-electron chi connectivity index (χ4n) is 13.2. The van der Waals surface area contributed by atoms with Crippen LogP contribution in [0.25, 0.3) is 0 Å². The predicted molar refractivity (Wildman–Crippen MR) is 277 cm³/mol. The summed E-state index contributed by atoms with van der Waals surface area (Å²) in [4.78, 5) is 0. The molecule has 0 saturated carbocycles. The minimum atomic E-state index is -3.05. The van der Waals surface area contributed by atoms with Gasteiger partial charge in [0.25, 0.3) is 0 Å². The molecule has 0 aromatic carbocycles. The topological polar surface area (TPSA) is 69.5 Å². The standard InChI is InChI=1S/C47H96N13P4/c1-51(2)61(48-62(52-30-12-3-13-31-52,53-32-14-4-15-33-53)54-34-16-5-17-35-54,49-63(55-36-18-6-19-37-55,56-38-20-7-21-39-56)57-40-22-8-23-41-57)50-64(58-42-24-9-25-43-58,59-44-26-10-27-45-59)60-46-28-11-29-47-60/h3-47H2,1-2H3/q+1. The van der Waals surface area contributed by atoms with E-state index in [1.165, 1.54) is 291 Å². The lowest BCUT2D eigenvalue weighted by Crippen LogP contribution is -2.47. The fourth-order valence-corrected chi connectivity index (χ4v) is 35.1. The van der Waals surface area contributed by atoms with Gasteiger partial charge in [-0.2, -0.15) is 0 Å². The van der Waals surface area contributed by atoms with E-state index in [1.807, 2.05) is 0 Å². The van der Waals surface area contributed by atoms with Gasteiger partial charge in [0.05, 0.1) is 0 Å². The van der Waals surface area contributed by atoms with Crippen molar-refractivity contribution in [3.05, 3.63) is 0 Å². The van der Waals surface area contributed by atoms with Crippen molar-refractivity contribution in [3.63, 3.8) is 0 Å². The SMILES string of the molecule is CN(C)[P+](N=P(N1CCCCC1)(N1CCCCC1)N1CCCCC1)(N=P(N1CCCCC1)(N1CCCCC1)N1CCCCC1)N=P(N1CCCCC1)(N1CCCCC1)N1CCCCC1. The van der Waals surface area contributed by atoms with Crippen molar-refractivity contribution in [1.82, 2.24) is 46.7 Å². The second-order valence-corrected chi connectivity index (χ2v) is 33.7. The quantitative estimate of drug-likeness (QED) is 0.167. The van der Waals surface area contributed by atoms with E-state index in [4.69, 9.17) is 13.5 Å². The van der Waals surface area contributed by atoms with Crippen LogP contribution in [-0.2, 0) is 0 Å². The lowest BCUT2D eigenvalue weighted by atomic mass is 10.2. The second kappa shape index (κ2) is 23.8. The molecular formula is C47H96N13P4+. The largest absolute Gasteiger partial charge is 0.453 e. The molecule has 9 rings (SSSR count). The maximum atomic E-state index is 7.24. The van der Waals surface area contributed by atoms with Crippen molar-refractivity contribution < 1.29 is 0 Å². The summed E-state index contributed by atoms with van der Waals surface area (Å²) >= 11 is 0. The molecule has 0 aromatic heterocycles. The number of hydrogen-bond donors (Lipinski definition) is 0. The molecule has 0 radical (unpaired) electrons. The van der Waals surface area contributed by atoms with Gasteiger partial charge >= 0.3 is 7.87 Å². The minimum Gasteiger partial charge on any atom is -0.243 e. The van der Waals surface area contributed by atoms with Crippen molar-refractivity contribution in [3.8, 4) is 0 Å². The minimum absolute atomic E-state index is 1.19. The molecule has 17 heteroatoms.